The van der Waals surface area contributed by atoms with Crippen LogP contribution in [0.25, 0.3) is 0 Å². The van der Waals surface area contributed by atoms with Gasteiger partial charge < -0.3 is 14.4 Å². The fourth-order valence-electron chi connectivity index (χ4n) is 1.93. The number of aliphatic hydroxyl groups is 1. The van der Waals surface area contributed by atoms with Gasteiger partial charge in [0.25, 0.3) is 0 Å². The summed E-state index contributed by atoms with van der Waals surface area (Å²) < 4.78 is 7.84. The van der Waals surface area contributed by atoms with Crippen molar-refractivity contribution in [2.24, 2.45) is 0 Å². The molecule has 1 aromatic carbocycles. The molecule has 0 fully saturated rings. The molecule has 0 aliphatic carbocycles. The van der Waals surface area contributed by atoms with Crippen LogP contribution < -0.4 is 4.74 Å². The van der Waals surface area contributed by atoms with E-state index >= 15 is 0 Å². The Morgan fingerprint density at radius 1 is 1.32 bits per heavy atom. The van der Waals surface area contributed by atoms with Gasteiger partial charge in [0, 0.05) is 6.04 Å². The second-order valence-electron chi connectivity index (χ2n) is 4.92. The number of nitrogens with zero attached hydrogens (tertiary/aromatic N) is 2. The summed E-state index contributed by atoms with van der Waals surface area (Å²) in [5, 5.41) is 9.55. The van der Waals surface area contributed by atoms with Gasteiger partial charge in [-0.25, -0.2) is 4.98 Å². The van der Waals surface area contributed by atoms with Crippen molar-refractivity contribution in [3.63, 3.8) is 0 Å². The van der Waals surface area contributed by atoms with Crippen molar-refractivity contribution in [2.45, 2.75) is 39.5 Å². The van der Waals surface area contributed by atoms with Gasteiger partial charge in [0.05, 0.1) is 24.3 Å². The van der Waals surface area contributed by atoms with Crippen molar-refractivity contribution in [1.82, 2.24) is 9.55 Å². The summed E-state index contributed by atoms with van der Waals surface area (Å²) in [4.78, 5) is 4.14. The first-order valence-electron chi connectivity index (χ1n) is 6.49. The van der Waals surface area contributed by atoms with Crippen LogP contribution in [0, 0.1) is 0 Å². The van der Waals surface area contributed by atoms with Crippen LogP contribution in [0.3, 0.4) is 0 Å². The summed E-state index contributed by atoms with van der Waals surface area (Å²) in [6.45, 7) is 6.44. The Kier molecular flexibility index (Phi) is 4.22. The van der Waals surface area contributed by atoms with E-state index in [1.807, 2.05) is 36.8 Å². The maximum Gasteiger partial charge on any atom is 0.130 e. The SMILES string of the molecule is CC(O)c1cccc(OCc2cncn2C(C)C)c1. The molecule has 19 heavy (non-hydrogen) atoms. The van der Waals surface area contributed by atoms with Crippen molar-refractivity contribution < 1.29 is 9.84 Å². The van der Waals surface area contributed by atoms with E-state index in [1.165, 1.54) is 0 Å². The Hall–Kier alpha value is -1.81. The van der Waals surface area contributed by atoms with Crippen LogP contribution in [-0.2, 0) is 6.61 Å². The third kappa shape index (κ3) is 3.35. The minimum atomic E-state index is -0.482. The molecule has 1 aromatic heterocycles. The van der Waals surface area contributed by atoms with Crippen LogP contribution in [0.4, 0.5) is 0 Å². The second kappa shape index (κ2) is 5.89. The third-order valence-corrected chi connectivity index (χ3v) is 3.03. The Labute approximate surface area is 113 Å². The molecule has 1 heterocycles. The van der Waals surface area contributed by atoms with Crippen LogP contribution in [0.15, 0.2) is 36.8 Å². The summed E-state index contributed by atoms with van der Waals surface area (Å²) >= 11 is 0. The summed E-state index contributed by atoms with van der Waals surface area (Å²) in [6.07, 6.45) is 3.15. The summed E-state index contributed by atoms with van der Waals surface area (Å²) in [7, 11) is 0. The minimum absolute atomic E-state index is 0.366. The number of aliphatic hydroxyl groups excluding tert-OH is 1. The molecule has 1 atom stereocenters. The van der Waals surface area contributed by atoms with E-state index in [4.69, 9.17) is 4.74 Å². The predicted molar refractivity (Wildman–Crippen MR) is 74.0 cm³/mol. The normalized spacial score (nSPS) is 12.7. The number of imidazole rings is 1. The van der Waals surface area contributed by atoms with Crippen LogP contribution in [0.1, 0.15) is 44.2 Å². The largest absolute Gasteiger partial charge is 0.487 e. The molecule has 1 unspecified atom stereocenters. The van der Waals surface area contributed by atoms with Gasteiger partial charge in [-0.3, -0.25) is 0 Å². The molecular formula is C15H20N2O2. The lowest BCUT2D eigenvalue weighted by molar-refractivity contribution is 0.198. The van der Waals surface area contributed by atoms with Gasteiger partial charge in [-0.1, -0.05) is 12.1 Å². The molecule has 0 saturated heterocycles. The predicted octanol–water partition coefficient (Wildman–Crippen LogP) is 3.10. The topological polar surface area (TPSA) is 47.3 Å². The summed E-state index contributed by atoms with van der Waals surface area (Å²) in [5.41, 5.74) is 1.90. The molecule has 1 N–H and O–H groups in total. The highest BCUT2D eigenvalue weighted by Gasteiger charge is 2.07. The maximum absolute atomic E-state index is 9.55. The molecule has 0 spiro atoms. The average molecular weight is 260 g/mol. The standard InChI is InChI=1S/C15H20N2O2/c1-11(2)17-10-16-8-14(17)9-19-15-6-4-5-13(7-15)12(3)18/h4-8,10-12,18H,9H2,1-3H3. The van der Waals surface area contributed by atoms with Gasteiger partial charge in [-0.2, -0.15) is 0 Å². The van der Waals surface area contributed by atoms with Crippen molar-refractivity contribution in [3.05, 3.63) is 48.0 Å². The van der Waals surface area contributed by atoms with Crippen molar-refractivity contribution in [2.75, 3.05) is 0 Å². The first kappa shape index (κ1) is 13.6. The fraction of sp³-hybridized carbons (Fsp3) is 0.400. The molecule has 4 nitrogen and oxygen atoms in total. The average Bonchev–Trinajstić information content (AvgIpc) is 2.85. The van der Waals surface area contributed by atoms with E-state index in [2.05, 4.69) is 23.4 Å². The maximum atomic E-state index is 9.55. The molecule has 2 aromatic rings. The lowest BCUT2D eigenvalue weighted by Gasteiger charge is -2.13. The lowest BCUT2D eigenvalue weighted by Crippen LogP contribution is -2.07. The van der Waals surface area contributed by atoms with Gasteiger partial charge in [0.15, 0.2) is 0 Å². The van der Waals surface area contributed by atoms with E-state index in [1.54, 1.807) is 6.92 Å². The molecule has 0 aliphatic rings. The number of rotatable bonds is 5. The molecule has 102 valence electrons. The van der Waals surface area contributed by atoms with Crippen LogP contribution >= 0.6 is 0 Å². The minimum Gasteiger partial charge on any atom is -0.487 e. The number of hydrogen-bond acceptors (Lipinski definition) is 3. The molecule has 0 saturated carbocycles. The van der Waals surface area contributed by atoms with E-state index in [-0.39, 0.29) is 0 Å². The second-order valence-corrected chi connectivity index (χ2v) is 4.92. The van der Waals surface area contributed by atoms with Gasteiger partial charge in [0.2, 0.25) is 0 Å². The smallest absolute Gasteiger partial charge is 0.130 e. The van der Waals surface area contributed by atoms with Gasteiger partial charge in [-0.15, -0.1) is 0 Å². The van der Waals surface area contributed by atoms with Crippen LogP contribution in [-0.4, -0.2) is 14.7 Å². The highest BCUT2D eigenvalue weighted by molar-refractivity contribution is 5.29. The third-order valence-electron chi connectivity index (χ3n) is 3.03. The van der Waals surface area contributed by atoms with E-state index in [0.717, 1.165) is 17.0 Å². The number of hydrogen-bond donors (Lipinski definition) is 1. The lowest BCUT2D eigenvalue weighted by atomic mass is 10.1. The Morgan fingerprint density at radius 3 is 2.79 bits per heavy atom. The molecule has 0 bridgehead atoms. The number of aromatic nitrogens is 2. The Morgan fingerprint density at radius 2 is 2.11 bits per heavy atom. The van der Waals surface area contributed by atoms with E-state index in [9.17, 15) is 5.11 Å². The Bertz CT molecular complexity index is 532. The number of ether oxygens (including phenoxy) is 1. The molecule has 2 rings (SSSR count). The molecular weight excluding hydrogens is 240 g/mol. The van der Waals surface area contributed by atoms with E-state index < -0.39 is 6.10 Å². The van der Waals surface area contributed by atoms with Gasteiger partial charge in [0.1, 0.15) is 12.4 Å². The van der Waals surface area contributed by atoms with E-state index in [0.29, 0.717) is 12.6 Å². The summed E-state index contributed by atoms with van der Waals surface area (Å²) in [5.74, 6) is 0.759. The fourth-order valence-corrected chi connectivity index (χ4v) is 1.93. The van der Waals surface area contributed by atoms with Crippen molar-refractivity contribution in [1.29, 1.82) is 0 Å². The highest BCUT2D eigenvalue weighted by Crippen LogP contribution is 2.20. The van der Waals surface area contributed by atoms with Crippen molar-refractivity contribution in [3.8, 4) is 5.75 Å². The first-order valence-corrected chi connectivity index (χ1v) is 6.49. The zero-order valence-electron chi connectivity index (χ0n) is 11.6. The molecule has 0 aliphatic heterocycles. The Balaban J connectivity index is 2.06. The zero-order chi connectivity index (χ0) is 13.8. The van der Waals surface area contributed by atoms with Gasteiger partial charge >= 0.3 is 0 Å². The van der Waals surface area contributed by atoms with Crippen LogP contribution in [0.5, 0.6) is 5.75 Å². The van der Waals surface area contributed by atoms with Gasteiger partial charge in [-0.05, 0) is 38.5 Å². The monoisotopic (exact) mass is 260 g/mol. The highest BCUT2D eigenvalue weighted by atomic mass is 16.5. The molecule has 4 heteroatoms. The first-order chi connectivity index (χ1) is 9.08. The number of benzene rings is 1. The van der Waals surface area contributed by atoms with Crippen LogP contribution in [0.2, 0.25) is 0 Å². The molecule has 0 radical (unpaired) electrons. The quantitative estimate of drug-likeness (QED) is 0.898. The zero-order valence-corrected chi connectivity index (χ0v) is 11.6. The molecule has 0 amide bonds. The van der Waals surface area contributed by atoms with Crippen molar-refractivity contribution >= 4 is 0 Å². The summed E-state index contributed by atoms with van der Waals surface area (Å²) in [6, 6.07) is 7.89.